The third-order valence-electron chi connectivity index (χ3n) is 3.64. The van der Waals surface area contributed by atoms with Gasteiger partial charge < -0.3 is 10.3 Å². The maximum atomic E-state index is 4.42. The molecule has 0 saturated heterocycles. The Labute approximate surface area is 121 Å². The van der Waals surface area contributed by atoms with Gasteiger partial charge in [0.1, 0.15) is 5.82 Å². The average Bonchev–Trinajstić information content (AvgIpc) is 2.76. The van der Waals surface area contributed by atoms with E-state index >= 15 is 0 Å². The standard InChI is InChI=1S/C17H25N3/c1-11-7-13(17(3,4)5)8-12(2)16(11)14-9-19-15(20-14)10-18-6/h7-9,18H,10H2,1-6H3,(H,19,20). The summed E-state index contributed by atoms with van der Waals surface area (Å²) in [5, 5.41) is 3.11. The Morgan fingerprint density at radius 3 is 2.25 bits per heavy atom. The van der Waals surface area contributed by atoms with Gasteiger partial charge in [0.05, 0.1) is 18.4 Å². The highest BCUT2D eigenvalue weighted by Gasteiger charge is 2.17. The number of hydrogen-bond donors (Lipinski definition) is 2. The van der Waals surface area contributed by atoms with Crippen LogP contribution in [0.5, 0.6) is 0 Å². The van der Waals surface area contributed by atoms with Crippen molar-refractivity contribution in [3.63, 3.8) is 0 Å². The lowest BCUT2D eigenvalue weighted by Crippen LogP contribution is -2.12. The number of benzene rings is 1. The van der Waals surface area contributed by atoms with Crippen molar-refractivity contribution < 1.29 is 0 Å². The lowest BCUT2D eigenvalue weighted by Gasteiger charge is -2.22. The van der Waals surface area contributed by atoms with E-state index in [2.05, 4.69) is 62.0 Å². The van der Waals surface area contributed by atoms with Crippen LogP contribution < -0.4 is 5.32 Å². The van der Waals surface area contributed by atoms with Crippen LogP contribution in [0.15, 0.2) is 18.3 Å². The molecule has 0 saturated carbocycles. The van der Waals surface area contributed by atoms with Gasteiger partial charge in [0.15, 0.2) is 0 Å². The zero-order valence-corrected chi connectivity index (χ0v) is 13.4. The van der Waals surface area contributed by atoms with E-state index < -0.39 is 0 Å². The summed E-state index contributed by atoms with van der Waals surface area (Å²) in [6, 6.07) is 4.59. The summed E-state index contributed by atoms with van der Waals surface area (Å²) in [6.07, 6.45) is 1.93. The second-order valence-electron chi connectivity index (χ2n) is 6.51. The van der Waals surface area contributed by atoms with E-state index in [0.29, 0.717) is 0 Å². The molecule has 3 nitrogen and oxygen atoms in total. The summed E-state index contributed by atoms with van der Waals surface area (Å²) in [5.74, 6) is 0.973. The van der Waals surface area contributed by atoms with Crippen molar-refractivity contribution in [1.29, 1.82) is 0 Å². The minimum atomic E-state index is 0.180. The van der Waals surface area contributed by atoms with Gasteiger partial charge >= 0.3 is 0 Å². The Bertz CT molecular complexity index is 580. The number of nitrogens with zero attached hydrogens (tertiary/aromatic N) is 1. The van der Waals surface area contributed by atoms with Gasteiger partial charge in [-0.25, -0.2) is 4.98 Å². The van der Waals surface area contributed by atoms with Crippen LogP contribution in [0.25, 0.3) is 11.3 Å². The molecule has 0 unspecified atom stereocenters. The Kier molecular flexibility index (Phi) is 4.00. The van der Waals surface area contributed by atoms with Gasteiger partial charge in [-0.3, -0.25) is 0 Å². The van der Waals surface area contributed by atoms with Crippen molar-refractivity contribution in [2.45, 2.75) is 46.6 Å². The summed E-state index contributed by atoms with van der Waals surface area (Å²) in [5.41, 5.74) is 6.54. The summed E-state index contributed by atoms with van der Waals surface area (Å²) >= 11 is 0. The van der Waals surface area contributed by atoms with Crippen molar-refractivity contribution >= 4 is 0 Å². The van der Waals surface area contributed by atoms with Crippen molar-refractivity contribution in [3.8, 4) is 11.3 Å². The predicted molar refractivity (Wildman–Crippen MR) is 85.0 cm³/mol. The minimum absolute atomic E-state index is 0.180. The molecule has 0 atom stereocenters. The molecular weight excluding hydrogens is 246 g/mol. The molecule has 0 spiro atoms. The normalized spacial score (nSPS) is 11.9. The van der Waals surface area contributed by atoms with Gasteiger partial charge in [-0.2, -0.15) is 0 Å². The number of nitrogens with one attached hydrogen (secondary N) is 2. The van der Waals surface area contributed by atoms with Crippen molar-refractivity contribution in [2.75, 3.05) is 7.05 Å². The monoisotopic (exact) mass is 271 g/mol. The molecule has 1 heterocycles. The number of rotatable bonds is 3. The number of aryl methyl sites for hydroxylation is 2. The Balaban J connectivity index is 2.46. The molecule has 20 heavy (non-hydrogen) atoms. The third kappa shape index (κ3) is 2.93. The van der Waals surface area contributed by atoms with E-state index in [9.17, 15) is 0 Å². The second kappa shape index (κ2) is 5.41. The molecule has 0 amide bonds. The third-order valence-corrected chi connectivity index (χ3v) is 3.64. The highest BCUT2D eigenvalue weighted by Crippen LogP contribution is 2.31. The van der Waals surface area contributed by atoms with Crippen LogP contribution in [0.1, 0.15) is 43.3 Å². The molecule has 0 aliphatic carbocycles. The number of aromatic nitrogens is 2. The van der Waals surface area contributed by atoms with Gasteiger partial charge in [0, 0.05) is 5.56 Å². The first-order valence-electron chi connectivity index (χ1n) is 7.13. The van der Waals surface area contributed by atoms with Crippen molar-refractivity contribution in [2.24, 2.45) is 0 Å². The lowest BCUT2D eigenvalue weighted by atomic mass is 9.83. The second-order valence-corrected chi connectivity index (χ2v) is 6.51. The zero-order valence-electron chi connectivity index (χ0n) is 13.4. The van der Waals surface area contributed by atoms with Crippen LogP contribution in [0.2, 0.25) is 0 Å². The van der Waals surface area contributed by atoms with Crippen LogP contribution in [0, 0.1) is 13.8 Å². The molecule has 0 fully saturated rings. The van der Waals surface area contributed by atoms with Crippen LogP contribution in [0.3, 0.4) is 0 Å². The summed E-state index contributed by atoms with van der Waals surface area (Å²) in [7, 11) is 1.93. The number of aromatic amines is 1. The summed E-state index contributed by atoms with van der Waals surface area (Å²) < 4.78 is 0. The fourth-order valence-corrected chi connectivity index (χ4v) is 2.57. The molecule has 3 heteroatoms. The van der Waals surface area contributed by atoms with Crippen molar-refractivity contribution in [1.82, 2.24) is 15.3 Å². The van der Waals surface area contributed by atoms with Gasteiger partial charge in [-0.1, -0.05) is 32.9 Å². The molecule has 2 N–H and O–H groups in total. The molecule has 2 aromatic rings. The van der Waals surface area contributed by atoms with Gasteiger partial charge in [0.2, 0.25) is 0 Å². The van der Waals surface area contributed by atoms with E-state index in [1.54, 1.807) is 0 Å². The Morgan fingerprint density at radius 2 is 1.75 bits per heavy atom. The summed E-state index contributed by atoms with van der Waals surface area (Å²) in [6.45, 7) is 11.9. The largest absolute Gasteiger partial charge is 0.341 e. The topological polar surface area (TPSA) is 40.7 Å². The molecule has 108 valence electrons. The molecule has 1 aromatic carbocycles. The van der Waals surface area contributed by atoms with Crippen LogP contribution in [-0.2, 0) is 12.0 Å². The zero-order chi connectivity index (χ0) is 14.9. The van der Waals surface area contributed by atoms with Crippen LogP contribution in [-0.4, -0.2) is 17.0 Å². The first kappa shape index (κ1) is 14.8. The summed E-state index contributed by atoms with van der Waals surface area (Å²) in [4.78, 5) is 7.81. The van der Waals surface area contributed by atoms with Crippen molar-refractivity contribution in [3.05, 3.63) is 40.8 Å². The maximum absolute atomic E-state index is 4.42. The van der Waals surface area contributed by atoms with Gasteiger partial charge in [-0.05, 0) is 43.0 Å². The van der Waals surface area contributed by atoms with Crippen LogP contribution >= 0.6 is 0 Å². The SMILES string of the molecule is CNCc1ncc(-c2c(C)cc(C(C)(C)C)cc2C)[nH]1. The number of imidazole rings is 1. The Morgan fingerprint density at radius 1 is 1.15 bits per heavy atom. The quantitative estimate of drug-likeness (QED) is 0.893. The van der Waals surface area contributed by atoms with Crippen LogP contribution in [0.4, 0.5) is 0 Å². The number of H-pyrrole nitrogens is 1. The molecule has 2 rings (SSSR count). The Hall–Kier alpha value is -1.61. The minimum Gasteiger partial charge on any atom is -0.341 e. The van der Waals surface area contributed by atoms with Gasteiger partial charge in [-0.15, -0.1) is 0 Å². The first-order chi connectivity index (χ1) is 9.32. The smallest absolute Gasteiger partial charge is 0.120 e. The van der Waals surface area contributed by atoms with E-state index in [-0.39, 0.29) is 5.41 Å². The predicted octanol–water partition coefficient (Wildman–Crippen LogP) is 3.71. The van der Waals surface area contributed by atoms with E-state index in [1.165, 1.54) is 22.3 Å². The highest BCUT2D eigenvalue weighted by molar-refractivity contribution is 5.68. The van der Waals surface area contributed by atoms with E-state index in [0.717, 1.165) is 18.1 Å². The highest BCUT2D eigenvalue weighted by atomic mass is 15.0. The fourth-order valence-electron chi connectivity index (χ4n) is 2.57. The molecule has 0 radical (unpaired) electrons. The fraction of sp³-hybridized carbons (Fsp3) is 0.471. The molecule has 0 bridgehead atoms. The lowest BCUT2D eigenvalue weighted by molar-refractivity contribution is 0.589. The number of hydrogen-bond acceptors (Lipinski definition) is 2. The first-order valence-corrected chi connectivity index (χ1v) is 7.13. The molecular formula is C17H25N3. The molecule has 0 aliphatic rings. The van der Waals surface area contributed by atoms with E-state index in [4.69, 9.17) is 0 Å². The maximum Gasteiger partial charge on any atom is 0.120 e. The molecule has 1 aromatic heterocycles. The molecule has 0 aliphatic heterocycles. The van der Waals surface area contributed by atoms with Gasteiger partial charge in [0.25, 0.3) is 0 Å². The van der Waals surface area contributed by atoms with E-state index in [1.807, 2.05) is 13.2 Å². The average molecular weight is 271 g/mol.